The fourth-order valence-electron chi connectivity index (χ4n) is 4.91. The Balaban J connectivity index is 2.23. The normalized spacial score (nSPS) is 32.7. The summed E-state index contributed by atoms with van der Waals surface area (Å²) < 4.78 is 0. The van der Waals surface area contributed by atoms with Crippen molar-refractivity contribution in [3.8, 4) is 11.5 Å². The van der Waals surface area contributed by atoms with Crippen LogP contribution in [0.3, 0.4) is 0 Å². The number of rotatable bonds is 2. The van der Waals surface area contributed by atoms with Crippen LogP contribution in [-0.2, 0) is 5.41 Å². The molecule has 3 rings (SSSR count). The Kier molecular flexibility index (Phi) is 3.75. The topological polar surface area (TPSA) is 60.7 Å². The minimum atomic E-state index is -0.253. The molecular weight excluding hydrogens is 288 g/mol. The first-order valence-electron chi connectivity index (χ1n) is 8.63. The highest BCUT2D eigenvalue weighted by Crippen LogP contribution is 2.59. The van der Waals surface area contributed by atoms with Crippen LogP contribution in [0.4, 0.5) is 0 Å². The molecule has 3 nitrogen and oxygen atoms in total. The van der Waals surface area contributed by atoms with Crippen LogP contribution in [0.2, 0.25) is 0 Å². The van der Waals surface area contributed by atoms with E-state index in [1.165, 1.54) is 0 Å². The van der Waals surface area contributed by atoms with E-state index in [0.717, 1.165) is 36.0 Å². The van der Waals surface area contributed by atoms with E-state index in [1.54, 1.807) is 0 Å². The zero-order chi connectivity index (χ0) is 17.0. The Labute approximate surface area is 138 Å². The van der Waals surface area contributed by atoms with Crippen molar-refractivity contribution < 1.29 is 15.3 Å². The van der Waals surface area contributed by atoms with Gasteiger partial charge in [0.15, 0.2) is 11.5 Å². The van der Waals surface area contributed by atoms with Gasteiger partial charge < -0.3 is 15.3 Å². The molecule has 3 heteroatoms. The first-order chi connectivity index (χ1) is 10.7. The van der Waals surface area contributed by atoms with Gasteiger partial charge in [0.25, 0.3) is 0 Å². The van der Waals surface area contributed by atoms with Crippen LogP contribution in [0.5, 0.6) is 11.5 Å². The smallest absolute Gasteiger partial charge is 0.162 e. The molecule has 23 heavy (non-hydrogen) atoms. The van der Waals surface area contributed by atoms with E-state index in [0.29, 0.717) is 0 Å². The van der Waals surface area contributed by atoms with Crippen molar-refractivity contribution in [2.24, 2.45) is 11.3 Å². The van der Waals surface area contributed by atoms with Gasteiger partial charge in [0.2, 0.25) is 0 Å². The average molecular weight is 316 g/mol. The molecule has 1 fully saturated rings. The predicted molar refractivity (Wildman–Crippen MR) is 92.8 cm³/mol. The van der Waals surface area contributed by atoms with E-state index in [1.807, 2.05) is 19.9 Å². The SMILES string of the molecule is CC(C)c1cc2c(c(O)c1O)[C@@]1(C)CCC[C@@](C)(CO)C1C=C2. The lowest BCUT2D eigenvalue weighted by Gasteiger charge is -2.53. The third-order valence-electron chi connectivity index (χ3n) is 6.24. The molecule has 0 saturated heterocycles. The van der Waals surface area contributed by atoms with Gasteiger partial charge in [-0.3, -0.25) is 0 Å². The van der Waals surface area contributed by atoms with E-state index in [-0.39, 0.29) is 40.8 Å². The van der Waals surface area contributed by atoms with Gasteiger partial charge in [-0.05, 0) is 41.7 Å². The summed E-state index contributed by atoms with van der Waals surface area (Å²) >= 11 is 0. The van der Waals surface area contributed by atoms with E-state index in [4.69, 9.17) is 0 Å². The number of hydrogen-bond acceptors (Lipinski definition) is 3. The highest BCUT2D eigenvalue weighted by atomic mass is 16.3. The minimum absolute atomic E-state index is 0.0188. The fourth-order valence-corrected chi connectivity index (χ4v) is 4.91. The molecule has 1 aromatic rings. The molecule has 2 aliphatic rings. The molecule has 0 spiro atoms. The third kappa shape index (κ3) is 2.20. The number of aromatic hydroxyl groups is 2. The summed E-state index contributed by atoms with van der Waals surface area (Å²) in [6, 6.07) is 2.01. The molecule has 0 bridgehead atoms. The molecule has 126 valence electrons. The Morgan fingerprint density at radius 2 is 1.87 bits per heavy atom. The zero-order valence-corrected chi connectivity index (χ0v) is 14.6. The summed E-state index contributed by atoms with van der Waals surface area (Å²) in [5.74, 6) is 0.367. The van der Waals surface area contributed by atoms with Crippen molar-refractivity contribution >= 4 is 6.08 Å². The maximum atomic E-state index is 10.8. The standard InChI is InChI=1S/C20H28O3/c1-12(2)14-10-13-6-7-15-19(3,11-21)8-5-9-20(15,4)16(13)18(23)17(14)22/h6-7,10,12,15,21-23H,5,8-9,11H2,1-4H3/t15?,19-,20-/m0/s1. The van der Waals surface area contributed by atoms with Crippen LogP contribution in [0.15, 0.2) is 12.1 Å². The molecule has 3 N–H and O–H groups in total. The summed E-state index contributed by atoms with van der Waals surface area (Å²) in [6.07, 6.45) is 7.23. The second kappa shape index (κ2) is 5.27. The van der Waals surface area contributed by atoms with Crippen molar-refractivity contribution in [2.75, 3.05) is 6.61 Å². The predicted octanol–water partition coefficient (Wildman–Crippen LogP) is 4.30. The van der Waals surface area contributed by atoms with Gasteiger partial charge in [0, 0.05) is 23.1 Å². The lowest BCUT2D eigenvalue weighted by atomic mass is 9.51. The van der Waals surface area contributed by atoms with Crippen LogP contribution < -0.4 is 0 Å². The first kappa shape index (κ1) is 16.4. The molecule has 0 aliphatic heterocycles. The number of hydrogen-bond donors (Lipinski definition) is 3. The molecule has 1 aromatic carbocycles. The van der Waals surface area contributed by atoms with Gasteiger partial charge in [0.05, 0.1) is 0 Å². The lowest BCUT2D eigenvalue weighted by Crippen LogP contribution is -2.48. The van der Waals surface area contributed by atoms with Crippen molar-refractivity contribution in [3.63, 3.8) is 0 Å². The second-order valence-corrected chi connectivity index (χ2v) is 8.20. The van der Waals surface area contributed by atoms with Crippen LogP contribution in [0.25, 0.3) is 6.08 Å². The highest BCUT2D eigenvalue weighted by Gasteiger charge is 2.51. The van der Waals surface area contributed by atoms with Gasteiger partial charge in [0.1, 0.15) is 0 Å². The third-order valence-corrected chi connectivity index (χ3v) is 6.24. The summed E-state index contributed by atoms with van der Waals surface area (Å²) in [7, 11) is 0. The Bertz CT molecular complexity index is 661. The fraction of sp³-hybridized carbons (Fsp3) is 0.600. The van der Waals surface area contributed by atoms with Crippen LogP contribution in [0.1, 0.15) is 69.6 Å². The molecule has 3 atom stereocenters. The average Bonchev–Trinajstić information content (AvgIpc) is 2.49. The highest BCUT2D eigenvalue weighted by molar-refractivity contribution is 5.70. The molecule has 0 heterocycles. The number of phenols is 2. The Morgan fingerprint density at radius 3 is 2.48 bits per heavy atom. The van der Waals surface area contributed by atoms with Crippen molar-refractivity contribution in [2.45, 2.75) is 58.3 Å². The summed E-state index contributed by atoms with van der Waals surface area (Å²) in [4.78, 5) is 0. The van der Waals surface area contributed by atoms with Gasteiger partial charge in [-0.1, -0.05) is 46.3 Å². The first-order valence-corrected chi connectivity index (χ1v) is 8.63. The molecule has 0 aromatic heterocycles. The Morgan fingerprint density at radius 1 is 1.17 bits per heavy atom. The number of fused-ring (bicyclic) bond motifs is 3. The Hall–Kier alpha value is -1.48. The second-order valence-electron chi connectivity index (χ2n) is 8.20. The van der Waals surface area contributed by atoms with E-state index in [2.05, 4.69) is 26.0 Å². The van der Waals surface area contributed by atoms with Crippen molar-refractivity contribution in [3.05, 3.63) is 28.8 Å². The summed E-state index contributed by atoms with van der Waals surface area (Å²) in [5, 5.41) is 31.2. The number of benzene rings is 1. The molecule has 2 aliphatic carbocycles. The molecule has 1 saturated carbocycles. The number of allylic oxidation sites excluding steroid dienone is 1. The summed E-state index contributed by atoms with van der Waals surface area (Å²) in [6.45, 7) is 8.47. The number of aliphatic hydroxyl groups excluding tert-OH is 1. The minimum Gasteiger partial charge on any atom is -0.504 e. The quantitative estimate of drug-likeness (QED) is 0.713. The number of aliphatic hydroxyl groups is 1. The van der Waals surface area contributed by atoms with Crippen LogP contribution in [-0.4, -0.2) is 21.9 Å². The molecule has 1 unspecified atom stereocenters. The number of phenolic OH excluding ortho intramolecular Hbond substituents is 2. The summed E-state index contributed by atoms with van der Waals surface area (Å²) in [5.41, 5.74) is 2.21. The van der Waals surface area contributed by atoms with Crippen molar-refractivity contribution in [1.82, 2.24) is 0 Å². The van der Waals surface area contributed by atoms with Gasteiger partial charge in [-0.2, -0.15) is 0 Å². The van der Waals surface area contributed by atoms with Crippen LogP contribution >= 0.6 is 0 Å². The van der Waals surface area contributed by atoms with E-state index < -0.39 is 0 Å². The van der Waals surface area contributed by atoms with E-state index in [9.17, 15) is 15.3 Å². The van der Waals surface area contributed by atoms with Gasteiger partial charge in [-0.15, -0.1) is 0 Å². The molecular formula is C20H28O3. The van der Waals surface area contributed by atoms with Crippen molar-refractivity contribution in [1.29, 1.82) is 0 Å². The van der Waals surface area contributed by atoms with Gasteiger partial charge in [-0.25, -0.2) is 0 Å². The van der Waals surface area contributed by atoms with Crippen LogP contribution in [0, 0.1) is 11.3 Å². The zero-order valence-electron chi connectivity index (χ0n) is 14.6. The van der Waals surface area contributed by atoms with E-state index >= 15 is 0 Å². The molecule has 0 amide bonds. The maximum Gasteiger partial charge on any atom is 0.162 e. The maximum absolute atomic E-state index is 10.8. The lowest BCUT2D eigenvalue weighted by molar-refractivity contribution is 0.0162. The molecule has 0 radical (unpaired) electrons. The monoisotopic (exact) mass is 316 g/mol. The van der Waals surface area contributed by atoms with Gasteiger partial charge >= 0.3 is 0 Å². The largest absolute Gasteiger partial charge is 0.504 e.